The lowest BCUT2D eigenvalue weighted by atomic mass is 10.0. The fraction of sp³-hybridized carbons (Fsp3) is 0.200. The third kappa shape index (κ3) is 2.56. The third-order valence-electron chi connectivity index (χ3n) is 3.10. The Bertz CT molecular complexity index is 645. The lowest BCUT2D eigenvalue weighted by Crippen LogP contribution is -2.24. The lowest BCUT2D eigenvalue weighted by molar-refractivity contribution is 0.103. The van der Waals surface area contributed by atoms with E-state index < -0.39 is 6.09 Å². The minimum atomic E-state index is -0.578. The molecule has 0 saturated heterocycles. The number of aromatic nitrogens is 1. The number of hydrogen-bond donors (Lipinski definition) is 1. The number of rotatable bonds is 3. The predicted molar refractivity (Wildman–Crippen MR) is 75.5 cm³/mol. The van der Waals surface area contributed by atoms with Crippen LogP contribution in [0.15, 0.2) is 36.4 Å². The van der Waals surface area contributed by atoms with Crippen LogP contribution in [0.5, 0.6) is 0 Å². The Kier molecular flexibility index (Phi) is 3.89. The SMILES string of the molecule is COC(=O)Nn1c(C)cc(C(=O)c2ccccc2)c1C. The van der Waals surface area contributed by atoms with Crippen LogP contribution in [-0.4, -0.2) is 23.7 Å². The first-order valence-corrected chi connectivity index (χ1v) is 6.18. The second kappa shape index (κ2) is 5.61. The van der Waals surface area contributed by atoms with Gasteiger partial charge in [0.1, 0.15) is 0 Å². The van der Waals surface area contributed by atoms with Crippen molar-refractivity contribution in [1.82, 2.24) is 4.68 Å². The minimum absolute atomic E-state index is 0.0726. The Morgan fingerprint density at radius 1 is 1.15 bits per heavy atom. The van der Waals surface area contributed by atoms with E-state index in [-0.39, 0.29) is 5.78 Å². The van der Waals surface area contributed by atoms with Gasteiger partial charge in [-0.05, 0) is 19.9 Å². The van der Waals surface area contributed by atoms with E-state index in [2.05, 4.69) is 10.2 Å². The monoisotopic (exact) mass is 272 g/mol. The van der Waals surface area contributed by atoms with E-state index in [1.165, 1.54) is 7.11 Å². The van der Waals surface area contributed by atoms with Gasteiger partial charge in [0.15, 0.2) is 5.78 Å². The summed E-state index contributed by atoms with van der Waals surface area (Å²) >= 11 is 0. The Labute approximate surface area is 117 Å². The van der Waals surface area contributed by atoms with E-state index in [1.807, 2.05) is 25.1 Å². The zero-order valence-corrected chi connectivity index (χ0v) is 11.6. The third-order valence-corrected chi connectivity index (χ3v) is 3.10. The summed E-state index contributed by atoms with van der Waals surface area (Å²) in [5.41, 5.74) is 5.16. The van der Waals surface area contributed by atoms with Crippen molar-refractivity contribution < 1.29 is 14.3 Å². The molecule has 5 nitrogen and oxygen atoms in total. The average Bonchev–Trinajstić information content (AvgIpc) is 2.75. The van der Waals surface area contributed by atoms with Crippen molar-refractivity contribution in [3.63, 3.8) is 0 Å². The molecule has 104 valence electrons. The number of hydrogen-bond acceptors (Lipinski definition) is 3. The highest BCUT2D eigenvalue weighted by molar-refractivity contribution is 6.10. The van der Waals surface area contributed by atoms with E-state index in [4.69, 9.17) is 0 Å². The molecule has 0 spiro atoms. The average molecular weight is 272 g/mol. The van der Waals surface area contributed by atoms with Crippen molar-refractivity contribution in [2.75, 3.05) is 12.5 Å². The van der Waals surface area contributed by atoms with Crippen LogP contribution in [0, 0.1) is 13.8 Å². The maximum absolute atomic E-state index is 12.4. The topological polar surface area (TPSA) is 60.3 Å². The molecule has 0 atom stereocenters. The quantitative estimate of drug-likeness (QED) is 0.874. The van der Waals surface area contributed by atoms with Crippen LogP contribution in [0.25, 0.3) is 0 Å². The molecule has 0 saturated carbocycles. The zero-order valence-electron chi connectivity index (χ0n) is 11.6. The summed E-state index contributed by atoms with van der Waals surface area (Å²) in [7, 11) is 1.29. The van der Waals surface area contributed by atoms with Crippen molar-refractivity contribution in [2.24, 2.45) is 0 Å². The highest BCUT2D eigenvalue weighted by atomic mass is 16.5. The van der Waals surface area contributed by atoms with Gasteiger partial charge in [0.05, 0.1) is 7.11 Å². The van der Waals surface area contributed by atoms with Crippen LogP contribution in [-0.2, 0) is 4.74 Å². The van der Waals surface area contributed by atoms with E-state index in [0.717, 1.165) is 5.69 Å². The van der Waals surface area contributed by atoms with Gasteiger partial charge in [0, 0.05) is 22.5 Å². The number of nitrogens with zero attached hydrogens (tertiary/aromatic N) is 1. The summed E-state index contributed by atoms with van der Waals surface area (Å²) in [5.74, 6) is -0.0726. The van der Waals surface area contributed by atoms with E-state index >= 15 is 0 Å². The summed E-state index contributed by atoms with van der Waals surface area (Å²) in [6, 6.07) is 10.8. The first-order chi connectivity index (χ1) is 9.54. The highest BCUT2D eigenvalue weighted by Gasteiger charge is 2.18. The van der Waals surface area contributed by atoms with Gasteiger partial charge in [-0.3, -0.25) is 9.47 Å². The number of ketones is 1. The second-order valence-corrected chi connectivity index (χ2v) is 4.42. The maximum Gasteiger partial charge on any atom is 0.426 e. The Hall–Kier alpha value is -2.56. The predicted octanol–water partition coefficient (Wildman–Crippen LogP) is 2.65. The summed E-state index contributed by atoms with van der Waals surface area (Å²) in [6.07, 6.45) is -0.578. The zero-order chi connectivity index (χ0) is 14.7. The number of nitrogens with one attached hydrogen (secondary N) is 1. The molecule has 0 unspecified atom stereocenters. The van der Waals surface area contributed by atoms with Gasteiger partial charge in [-0.15, -0.1) is 0 Å². The standard InChI is InChI=1S/C15H16N2O3/c1-10-9-13(11(2)17(10)16-15(19)20-3)14(18)12-7-5-4-6-8-12/h4-9H,1-3H3,(H,16,19). The number of ether oxygens (including phenoxy) is 1. The molecule has 1 N–H and O–H groups in total. The second-order valence-electron chi connectivity index (χ2n) is 4.42. The largest absolute Gasteiger partial charge is 0.452 e. The van der Waals surface area contributed by atoms with Gasteiger partial charge in [-0.2, -0.15) is 0 Å². The summed E-state index contributed by atoms with van der Waals surface area (Å²) in [6.45, 7) is 3.59. The molecule has 0 aliphatic rings. The molecule has 0 aliphatic carbocycles. The maximum atomic E-state index is 12.4. The van der Waals surface area contributed by atoms with Gasteiger partial charge in [-0.25, -0.2) is 10.2 Å². The van der Waals surface area contributed by atoms with Crippen molar-refractivity contribution >= 4 is 11.9 Å². The molecule has 1 aromatic heterocycles. The number of aryl methyl sites for hydroxylation is 1. The number of benzene rings is 1. The summed E-state index contributed by atoms with van der Waals surface area (Å²) < 4.78 is 6.11. The Morgan fingerprint density at radius 2 is 1.80 bits per heavy atom. The highest BCUT2D eigenvalue weighted by Crippen LogP contribution is 2.17. The number of amides is 1. The van der Waals surface area contributed by atoms with Crippen LogP contribution >= 0.6 is 0 Å². The van der Waals surface area contributed by atoms with Crippen molar-refractivity contribution in [3.8, 4) is 0 Å². The fourth-order valence-electron chi connectivity index (χ4n) is 2.05. The smallest absolute Gasteiger partial charge is 0.426 e. The Balaban J connectivity index is 2.37. The first-order valence-electron chi connectivity index (χ1n) is 6.18. The molecule has 0 aliphatic heterocycles. The molecule has 0 bridgehead atoms. The molecule has 1 aromatic carbocycles. The van der Waals surface area contributed by atoms with Gasteiger partial charge in [0.25, 0.3) is 0 Å². The van der Waals surface area contributed by atoms with Crippen LogP contribution in [0.3, 0.4) is 0 Å². The number of carbonyl (C=O) groups is 2. The molecular formula is C15H16N2O3. The van der Waals surface area contributed by atoms with Gasteiger partial charge in [0.2, 0.25) is 0 Å². The van der Waals surface area contributed by atoms with E-state index in [9.17, 15) is 9.59 Å². The van der Waals surface area contributed by atoms with E-state index in [1.54, 1.807) is 29.8 Å². The number of methoxy groups -OCH3 is 1. The Morgan fingerprint density at radius 3 is 2.40 bits per heavy atom. The molecular weight excluding hydrogens is 256 g/mol. The van der Waals surface area contributed by atoms with Gasteiger partial charge >= 0.3 is 6.09 Å². The first kappa shape index (κ1) is 13.9. The van der Waals surface area contributed by atoms with Crippen LogP contribution in [0.4, 0.5) is 4.79 Å². The van der Waals surface area contributed by atoms with Crippen LogP contribution in [0.1, 0.15) is 27.3 Å². The molecule has 2 aromatic rings. The fourth-order valence-corrected chi connectivity index (χ4v) is 2.05. The van der Waals surface area contributed by atoms with Crippen molar-refractivity contribution in [2.45, 2.75) is 13.8 Å². The molecule has 1 amide bonds. The summed E-state index contributed by atoms with van der Waals surface area (Å²) in [4.78, 5) is 23.7. The van der Waals surface area contributed by atoms with Crippen molar-refractivity contribution in [1.29, 1.82) is 0 Å². The molecule has 1 heterocycles. The molecule has 0 fully saturated rings. The van der Waals surface area contributed by atoms with Gasteiger partial charge < -0.3 is 4.74 Å². The lowest BCUT2D eigenvalue weighted by Gasteiger charge is -2.10. The molecule has 20 heavy (non-hydrogen) atoms. The normalized spacial score (nSPS) is 10.2. The summed E-state index contributed by atoms with van der Waals surface area (Å²) in [5, 5.41) is 0. The molecule has 0 radical (unpaired) electrons. The van der Waals surface area contributed by atoms with Crippen LogP contribution in [0.2, 0.25) is 0 Å². The number of carbonyl (C=O) groups excluding carboxylic acids is 2. The molecule has 2 rings (SSSR count). The van der Waals surface area contributed by atoms with Gasteiger partial charge in [-0.1, -0.05) is 30.3 Å². The molecule has 5 heteroatoms. The van der Waals surface area contributed by atoms with Crippen LogP contribution < -0.4 is 5.43 Å². The van der Waals surface area contributed by atoms with Crippen molar-refractivity contribution in [3.05, 3.63) is 58.9 Å². The minimum Gasteiger partial charge on any atom is -0.452 e. The van der Waals surface area contributed by atoms with E-state index in [0.29, 0.717) is 16.8 Å².